The highest BCUT2D eigenvalue weighted by Gasteiger charge is 2.19. The molecule has 1 N–H and O–H groups in total. The van der Waals surface area contributed by atoms with Crippen LogP contribution in [0.3, 0.4) is 0 Å². The topological polar surface area (TPSA) is 33.1 Å². The quantitative estimate of drug-likeness (QED) is 0.900. The molecule has 1 aromatic heterocycles. The third kappa shape index (κ3) is 3.71. The summed E-state index contributed by atoms with van der Waals surface area (Å²) in [6.07, 6.45) is 2.63. The number of aromatic nitrogens is 2. The van der Waals surface area contributed by atoms with Crippen LogP contribution in [0.4, 0.5) is 0 Å². The summed E-state index contributed by atoms with van der Waals surface area (Å²) in [6.45, 7) is 9.59. The van der Waals surface area contributed by atoms with Crippen LogP contribution in [0.2, 0.25) is 5.02 Å². The predicted octanol–water partition coefficient (Wildman–Crippen LogP) is 2.20. The zero-order chi connectivity index (χ0) is 13.8. The van der Waals surface area contributed by atoms with Gasteiger partial charge in [-0.3, -0.25) is 9.58 Å². The Morgan fingerprint density at radius 1 is 1.53 bits per heavy atom. The normalized spacial score (nSPS) is 20.2. The first-order chi connectivity index (χ1) is 9.11. The van der Waals surface area contributed by atoms with Gasteiger partial charge >= 0.3 is 0 Å². The molecule has 0 aliphatic carbocycles. The van der Waals surface area contributed by atoms with E-state index in [-0.39, 0.29) is 0 Å². The second-order valence-corrected chi connectivity index (χ2v) is 5.89. The first-order valence-corrected chi connectivity index (χ1v) is 7.60. The minimum atomic E-state index is 0.766. The van der Waals surface area contributed by atoms with Gasteiger partial charge in [0.1, 0.15) is 0 Å². The summed E-state index contributed by atoms with van der Waals surface area (Å²) < 4.78 is 1.92. The predicted molar refractivity (Wildman–Crippen MR) is 79.5 cm³/mol. The maximum Gasteiger partial charge on any atom is 0.0860 e. The van der Waals surface area contributed by atoms with E-state index in [1.54, 1.807) is 0 Å². The van der Waals surface area contributed by atoms with Crippen LogP contribution in [0.1, 0.15) is 31.2 Å². The Morgan fingerprint density at radius 3 is 2.84 bits per heavy atom. The van der Waals surface area contributed by atoms with Gasteiger partial charge in [-0.25, -0.2) is 0 Å². The largest absolute Gasteiger partial charge is 0.316 e. The van der Waals surface area contributed by atoms with Gasteiger partial charge in [-0.05, 0) is 45.3 Å². The first kappa shape index (κ1) is 14.8. The number of hydrogen-bond acceptors (Lipinski definition) is 3. The molecule has 0 spiro atoms. The molecule has 1 fully saturated rings. The Labute approximate surface area is 121 Å². The summed E-state index contributed by atoms with van der Waals surface area (Å²) in [5, 5.41) is 8.70. The lowest BCUT2D eigenvalue weighted by Gasteiger charge is -2.29. The minimum Gasteiger partial charge on any atom is -0.316 e. The molecule has 0 aromatic carbocycles. The second kappa shape index (κ2) is 6.73. The van der Waals surface area contributed by atoms with Crippen molar-refractivity contribution in [3.8, 4) is 0 Å². The molecular weight excluding hydrogens is 260 g/mol. The lowest BCUT2D eigenvalue weighted by Crippen LogP contribution is -2.38. The van der Waals surface area contributed by atoms with E-state index in [9.17, 15) is 0 Å². The van der Waals surface area contributed by atoms with Gasteiger partial charge in [0, 0.05) is 20.1 Å². The first-order valence-electron chi connectivity index (χ1n) is 7.22. The maximum atomic E-state index is 6.34. The number of rotatable bonds is 5. The molecule has 1 aromatic rings. The Morgan fingerprint density at radius 2 is 2.32 bits per heavy atom. The maximum absolute atomic E-state index is 6.34. The van der Waals surface area contributed by atoms with Crippen LogP contribution < -0.4 is 5.32 Å². The second-order valence-electron chi connectivity index (χ2n) is 5.51. The lowest BCUT2D eigenvalue weighted by atomic mass is 9.99. The molecule has 2 rings (SSSR count). The highest BCUT2D eigenvalue weighted by Crippen LogP contribution is 2.22. The van der Waals surface area contributed by atoms with Gasteiger partial charge in [-0.2, -0.15) is 5.10 Å². The van der Waals surface area contributed by atoms with Crippen molar-refractivity contribution in [1.82, 2.24) is 20.0 Å². The van der Waals surface area contributed by atoms with Crippen molar-refractivity contribution >= 4 is 11.6 Å². The van der Waals surface area contributed by atoms with Gasteiger partial charge in [-0.1, -0.05) is 18.5 Å². The monoisotopic (exact) mass is 284 g/mol. The number of aryl methyl sites for hydroxylation is 2. The number of hydrogen-bond donors (Lipinski definition) is 1. The zero-order valence-electron chi connectivity index (χ0n) is 12.2. The molecule has 5 heteroatoms. The zero-order valence-corrected chi connectivity index (χ0v) is 13.0. The summed E-state index contributed by atoms with van der Waals surface area (Å²) in [4.78, 5) is 2.47. The van der Waals surface area contributed by atoms with E-state index >= 15 is 0 Å². The molecule has 0 saturated carbocycles. The van der Waals surface area contributed by atoms with Crippen molar-refractivity contribution < 1.29 is 0 Å². The van der Waals surface area contributed by atoms with E-state index in [0.29, 0.717) is 0 Å². The molecule has 1 unspecified atom stereocenters. The Hall–Kier alpha value is -0.580. The van der Waals surface area contributed by atoms with Crippen LogP contribution in [0.15, 0.2) is 0 Å². The summed E-state index contributed by atoms with van der Waals surface area (Å²) in [5.41, 5.74) is 2.05. The van der Waals surface area contributed by atoms with Crippen LogP contribution in [0, 0.1) is 12.8 Å². The van der Waals surface area contributed by atoms with Crippen LogP contribution in [-0.4, -0.2) is 40.9 Å². The average Bonchev–Trinajstić information content (AvgIpc) is 2.65. The highest BCUT2D eigenvalue weighted by molar-refractivity contribution is 6.31. The van der Waals surface area contributed by atoms with Crippen molar-refractivity contribution in [3.05, 3.63) is 16.4 Å². The average molecular weight is 285 g/mol. The third-order valence-corrected chi connectivity index (χ3v) is 4.49. The van der Waals surface area contributed by atoms with E-state index in [2.05, 4.69) is 22.2 Å². The van der Waals surface area contributed by atoms with Gasteiger partial charge in [0.2, 0.25) is 0 Å². The van der Waals surface area contributed by atoms with Crippen molar-refractivity contribution in [2.45, 2.75) is 33.2 Å². The summed E-state index contributed by atoms with van der Waals surface area (Å²) in [5.74, 6) is 0.766. The third-order valence-electron chi connectivity index (χ3n) is 4.00. The van der Waals surface area contributed by atoms with Crippen molar-refractivity contribution in [3.63, 3.8) is 0 Å². The van der Waals surface area contributed by atoms with Crippen LogP contribution >= 0.6 is 11.6 Å². The van der Waals surface area contributed by atoms with Crippen molar-refractivity contribution in [2.75, 3.05) is 26.2 Å². The molecule has 2 heterocycles. The van der Waals surface area contributed by atoms with E-state index in [0.717, 1.165) is 48.5 Å². The number of nitrogens with zero attached hydrogens (tertiary/aromatic N) is 3. The summed E-state index contributed by atoms with van der Waals surface area (Å²) >= 11 is 6.34. The standard InChI is InChI=1S/C14H25ClN4/c1-4-19(9-12-6-5-7-16-8-12)10-13-14(15)11(2)17-18(13)3/h12,16H,4-10H2,1-3H3. The van der Waals surface area contributed by atoms with E-state index in [1.165, 1.54) is 19.4 Å². The molecule has 108 valence electrons. The molecule has 0 bridgehead atoms. The fourth-order valence-corrected chi connectivity index (χ4v) is 3.03. The van der Waals surface area contributed by atoms with E-state index in [1.807, 2.05) is 18.7 Å². The van der Waals surface area contributed by atoms with Crippen LogP contribution in [0.25, 0.3) is 0 Å². The fourth-order valence-electron chi connectivity index (χ4n) is 2.81. The molecule has 0 radical (unpaired) electrons. The van der Waals surface area contributed by atoms with Crippen LogP contribution in [0.5, 0.6) is 0 Å². The molecule has 1 saturated heterocycles. The highest BCUT2D eigenvalue weighted by atomic mass is 35.5. The Bertz CT molecular complexity index is 410. The lowest BCUT2D eigenvalue weighted by molar-refractivity contribution is 0.205. The molecule has 0 amide bonds. The number of halogens is 1. The smallest absolute Gasteiger partial charge is 0.0860 e. The molecule has 19 heavy (non-hydrogen) atoms. The Kier molecular flexibility index (Phi) is 5.25. The summed E-state index contributed by atoms with van der Waals surface area (Å²) in [6, 6.07) is 0. The van der Waals surface area contributed by atoms with E-state index in [4.69, 9.17) is 11.6 Å². The molecule has 1 atom stereocenters. The van der Waals surface area contributed by atoms with Gasteiger partial charge in [0.25, 0.3) is 0 Å². The molecule has 4 nitrogen and oxygen atoms in total. The van der Waals surface area contributed by atoms with E-state index < -0.39 is 0 Å². The van der Waals surface area contributed by atoms with Gasteiger partial charge in [0.15, 0.2) is 0 Å². The molecule has 1 aliphatic rings. The number of piperidine rings is 1. The van der Waals surface area contributed by atoms with Crippen LogP contribution in [-0.2, 0) is 13.6 Å². The number of nitrogens with one attached hydrogen (secondary N) is 1. The molecule has 1 aliphatic heterocycles. The minimum absolute atomic E-state index is 0.766. The van der Waals surface area contributed by atoms with Gasteiger partial charge in [0.05, 0.1) is 16.4 Å². The summed E-state index contributed by atoms with van der Waals surface area (Å²) in [7, 11) is 1.98. The fraction of sp³-hybridized carbons (Fsp3) is 0.786. The Balaban J connectivity index is 1.98. The SMILES string of the molecule is CCN(Cc1c(Cl)c(C)nn1C)CC1CCCNC1. The van der Waals surface area contributed by atoms with Crippen molar-refractivity contribution in [1.29, 1.82) is 0 Å². The van der Waals surface area contributed by atoms with Gasteiger partial charge in [-0.15, -0.1) is 0 Å². The van der Waals surface area contributed by atoms with Crippen molar-refractivity contribution in [2.24, 2.45) is 13.0 Å². The molecular formula is C14H25ClN4. The van der Waals surface area contributed by atoms with Gasteiger partial charge < -0.3 is 5.32 Å².